The van der Waals surface area contributed by atoms with Crippen molar-refractivity contribution < 1.29 is 4.79 Å². The molecule has 6 nitrogen and oxygen atoms in total. The Morgan fingerprint density at radius 2 is 2.10 bits per heavy atom. The summed E-state index contributed by atoms with van der Waals surface area (Å²) in [4.78, 5) is 13.2. The molecule has 0 aliphatic heterocycles. The molecule has 0 saturated carbocycles. The molecule has 0 saturated heterocycles. The number of nitrogens with zero attached hydrogens (tertiary/aromatic N) is 4. The molecule has 9 heteroatoms. The Morgan fingerprint density at radius 3 is 2.76 bits per heavy atom. The summed E-state index contributed by atoms with van der Waals surface area (Å²) < 4.78 is 2.97. The third-order valence-corrected chi connectivity index (χ3v) is 6.30. The minimum absolute atomic E-state index is 0.190. The number of benzene rings is 1. The smallest absolute Gasteiger partial charge is 0.250 e. The van der Waals surface area contributed by atoms with Gasteiger partial charge in [0.2, 0.25) is 0 Å². The van der Waals surface area contributed by atoms with Crippen molar-refractivity contribution in [2.45, 2.75) is 25.5 Å². The van der Waals surface area contributed by atoms with Gasteiger partial charge in [0.25, 0.3) is 5.91 Å². The van der Waals surface area contributed by atoms with Gasteiger partial charge in [0.05, 0.1) is 12.0 Å². The Labute approximate surface area is 186 Å². The number of rotatable bonds is 8. The van der Waals surface area contributed by atoms with E-state index in [9.17, 15) is 4.79 Å². The minimum Gasteiger partial charge on any atom is -0.298 e. The van der Waals surface area contributed by atoms with Gasteiger partial charge in [-0.2, -0.15) is 5.10 Å². The molecule has 29 heavy (non-hydrogen) atoms. The average molecular weight is 490 g/mol. The van der Waals surface area contributed by atoms with E-state index in [0.717, 1.165) is 31.9 Å². The fourth-order valence-electron chi connectivity index (χ4n) is 2.46. The second-order valence-electron chi connectivity index (χ2n) is 6.41. The third kappa shape index (κ3) is 5.88. The molecule has 0 atom stereocenters. The van der Waals surface area contributed by atoms with Gasteiger partial charge in [-0.15, -0.1) is 21.5 Å². The highest BCUT2D eigenvalue weighted by molar-refractivity contribution is 9.10. The lowest BCUT2D eigenvalue weighted by atomic mass is 10.2. The number of aromatic nitrogens is 3. The lowest BCUT2D eigenvalue weighted by molar-refractivity contribution is -0.118. The molecule has 2 aromatic heterocycles. The van der Waals surface area contributed by atoms with Gasteiger partial charge in [0.1, 0.15) is 0 Å². The maximum atomic E-state index is 12.2. The molecule has 0 radical (unpaired) electrons. The van der Waals surface area contributed by atoms with Gasteiger partial charge in [-0.3, -0.25) is 9.36 Å². The zero-order chi connectivity index (χ0) is 20.8. The van der Waals surface area contributed by atoms with Crippen molar-refractivity contribution in [1.82, 2.24) is 20.2 Å². The minimum atomic E-state index is -0.199. The van der Waals surface area contributed by atoms with Crippen LogP contribution in [0.5, 0.6) is 0 Å². The molecule has 150 valence electrons. The second kappa shape index (κ2) is 10.00. The molecule has 2 heterocycles. The SMILES string of the molecule is C=C(C)Cn1c(SCC(=O)NN=Cc2sccc2C)nnc1-c1ccc(Br)cc1. The van der Waals surface area contributed by atoms with Crippen molar-refractivity contribution in [2.24, 2.45) is 5.10 Å². The Bertz CT molecular complexity index is 1040. The van der Waals surface area contributed by atoms with E-state index in [0.29, 0.717) is 11.7 Å². The van der Waals surface area contributed by atoms with Gasteiger partial charge in [0.15, 0.2) is 11.0 Å². The first kappa shape index (κ1) is 21.5. The molecule has 0 fully saturated rings. The largest absolute Gasteiger partial charge is 0.298 e. The molecule has 3 aromatic rings. The highest BCUT2D eigenvalue weighted by Crippen LogP contribution is 2.26. The number of hydrogen-bond acceptors (Lipinski definition) is 6. The Hall–Kier alpha value is -2.23. The van der Waals surface area contributed by atoms with Crippen molar-refractivity contribution >= 4 is 51.2 Å². The summed E-state index contributed by atoms with van der Waals surface area (Å²) in [5, 5.41) is 15.3. The Morgan fingerprint density at radius 1 is 1.34 bits per heavy atom. The van der Waals surface area contributed by atoms with Crippen LogP contribution >= 0.6 is 39.0 Å². The molecule has 3 rings (SSSR count). The Balaban J connectivity index is 1.67. The molecule has 0 unspecified atom stereocenters. The molecular formula is C20H20BrN5OS2. The van der Waals surface area contributed by atoms with Crippen LogP contribution in [-0.2, 0) is 11.3 Å². The number of thioether (sulfide) groups is 1. The highest BCUT2D eigenvalue weighted by Gasteiger charge is 2.15. The van der Waals surface area contributed by atoms with Crippen LogP contribution in [0.25, 0.3) is 11.4 Å². The standard InChI is InChI=1S/C20H20BrN5OS2/c1-13(2)11-26-19(15-4-6-16(21)7-5-15)24-25-20(26)29-12-18(27)23-22-10-17-14(3)8-9-28-17/h4-10H,1,11-12H2,2-3H3,(H,23,27). The molecule has 0 aliphatic carbocycles. The second-order valence-corrected chi connectivity index (χ2v) is 9.21. The predicted molar refractivity (Wildman–Crippen MR) is 123 cm³/mol. The summed E-state index contributed by atoms with van der Waals surface area (Å²) in [6.07, 6.45) is 1.66. The average Bonchev–Trinajstić information content (AvgIpc) is 3.27. The van der Waals surface area contributed by atoms with E-state index in [1.807, 2.05) is 54.1 Å². The highest BCUT2D eigenvalue weighted by atomic mass is 79.9. The first-order valence-corrected chi connectivity index (χ1v) is 11.4. The number of carbonyl (C=O) groups excluding carboxylic acids is 1. The van der Waals surface area contributed by atoms with Gasteiger partial charge in [-0.05, 0) is 43.0 Å². The van der Waals surface area contributed by atoms with E-state index in [1.165, 1.54) is 11.8 Å². The summed E-state index contributed by atoms with van der Waals surface area (Å²) in [5.74, 6) is 0.736. The third-order valence-electron chi connectivity index (χ3n) is 3.85. The number of aryl methyl sites for hydroxylation is 1. The Kier molecular flexibility index (Phi) is 7.40. The number of halogens is 1. The van der Waals surface area contributed by atoms with E-state index in [1.54, 1.807) is 17.6 Å². The number of thiophene rings is 1. The van der Waals surface area contributed by atoms with Crippen LogP contribution in [0.2, 0.25) is 0 Å². The predicted octanol–water partition coefficient (Wildman–Crippen LogP) is 4.90. The van der Waals surface area contributed by atoms with Crippen LogP contribution < -0.4 is 5.43 Å². The quantitative estimate of drug-likeness (QED) is 0.211. The van der Waals surface area contributed by atoms with E-state index >= 15 is 0 Å². The summed E-state index contributed by atoms with van der Waals surface area (Å²) >= 11 is 6.35. The fraction of sp³-hybridized carbons (Fsp3) is 0.200. The number of hydrazone groups is 1. The van der Waals surface area contributed by atoms with E-state index in [-0.39, 0.29) is 11.7 Å². The first-order valence-electron chi connectivity index (χ1n) is 8.76. The molecule has 0 bridgehead atoms. The van der Waals surface area contributed by atoms with E-state index in [2.05, 4.69) is 43.2 Å². The zero-order valence-corrected chi connectivity index (χ0v) is 19.3. The summed E-state index contributed by atoms with van der Waals surface area (Å²) in [6.45, 7) is 8.54. The van der Waals surface area contributed by atoms with Gasteiger partial charge < -0.3 is 0 Å². The molecule has 0 aliphatic rings. The maximum Gasteiger partial charge on any atom is 0.250 e. The number of allylic oxidation sites excluding steroid dienone is 1. The molecule has 1 amide bonds. The topological polar surface area (TPSA) is 72.2 Å². The normalized spacial score (nSPS) is 11.1. The molecular weight excluding hydrogens is 470 g/mol. The number of hydrogen-bond donors (Lipinski definition) is 1. The molecule has 0 spiro atoms. The summed E-state index contributed by atoms with van der Waals surface area (Å²) in [6, 6.07) is 9.89. The van der Waals surface area contributed by atoms with Crippen LogP contribution in [0.1, 0.15) is 17.4 Å². The lowest BCUT2D eigenvalue weighted by Gasteiger charge is -2.10. The monoisotopic (exact) mass is 489 g/mol. The van der Waals surface area contributed by atoms with Crippen molar-refractivity contribution in [3.05, 3.63) is 62.8 Å². The fourth-order valence-corrected chi connectivity index (χ4v) is 4.24. The van der Waals surface area contributed by atoms with Crippen LogP contribution in [0.4, 0.5) is 0 Å². The first-order chi connectivity index (χ1) is 13.9. The maximum absolute atomic E-state index is 12.2. The van der Waals surface area contributed by atoms with Crippen molar-refractivity contribution in [1.29, 1.82) is 0 Å². The summed E-state index contributed by atoms with van der Waals surface area (Å²) in [7, 11) is 0. The van der Waals surface area contributed by atoms with Gasteiger partial charge in [-0.1, -0.05) is 52.0 Å². The zero-order valence-electron chi connectivity index (χ0n) is 16.1. The van der Waals surface area contributed by atoms with Crippen LogP contribution in [0.15, 0.2) is 62.6 Å². The van der Waals surface area contributed by atoms with Gasteiger partial charge in [0, 0.05) is 21.5 Å². The molecule has 1 N–H and O–H groups in total. The van der Waals surface area contributed by atoms with Crippen LogP contribution in [-0.4, -0.2) is 32.6 Å². The lowest BCUT2D eigenvalue weighted by Crippen LogP contribution is -2.20. The van der Waals surface area contributed by atoms with Crippen molar-refractivity contribution in [2.75, 3.05) is 5.75 Å². The van der Waals surface area contributed by atoms with Gasteiger partial charge in [-0.25, -0.2) is 5.43 Å². The van der Waals surface area contributed by atoms with Crippen LogP contribution in [0.3, 0.4) is 0 Å². The van der Waals surface area contributed by atoms with Crippen molar-refractivity contribution in [3.63, 3.8) is 0 Å². The number of carbonyl (C=O) groups is 1. The number of nitrogens with one attached hydrogen (secondary N) is 1. The summed E-state index contributed by atoms with van der Waals surface area (Å²) in [5.41, 5.74) is 5.62. The van der Waals surface area contributed by atoms with Gasteiger partial charge >= 0.3 is 0 Å². The number of amides is 1. The van der Waals surface area contributed by atoms with E-state index in [4.69, 9.17) is 0 Å². The molecule has 1 aromatic carbocycles. The van der Waals surface area contributed by atoms with E-state index < -0.39 is 0 Å². The van der Waals surface area contributed by atoms with Crippen molar-refractivity contribution in [3.8, 4) is 11.4 Å². The van der Waals surface area contributed by atoms with Crippen LogP contribution in [0, 0.1) is 6.92 Å².